The van der Waals surface area contributed by atoms with Gasteiger partial charge in [0.25, 0.3) is 0 Å². The second-order valence-electron chi connectivity index (χ2n) is 8.84. The summed E-state index contributed by atoms with van der Waals surface area (Å²) in [6.07, 6.45) is 5.92. The first kappa shape index (κ1) is 26.0. The summed E-state index contributed by atoms with van der Waals surface area (Å²) in [5.41, 5.74) is 1.57. The SMILES string of the molecule is CCOC(=O)C1=C(CN2CCC[C@H]2CCC(=O)O)NC(c2nccn2C)=N[C@H]1c1ccc(F)cc1Br. The summed E-state index contributed by atoms with van der Waals surface area (Å²) < 4.78 is 21.7. The van der Waals surface area contributed by atoms with Crippen molar-refractivity contribution >= 4 is 33.7 Å². The van der Waals surface area contributed by atoms with Crippen molar-refractivity contribution in [3.63, 3.8) is 0 Å². The molecule has 2 aliphatic rings. The molecule has 9 nitrogen and oxygen atoms in total. The van der Waals surface area contributed by atoms with Gasteiger partial charge in [-0.3, -0.25) is 14.7 Å². The highest BCUT2D eigenvalue weighted by Crippen LogP contribution is 2.37. The molecule has 2 aromatic rings. The molecule has 192 valence electrons. The minimum absolute atomic E-state index is 0.0868. The van der Waals surface area contributed by atoms with Gasteiger partial charge in [0.15, 0.2) is 11.7 Å². The van der Waals surface area contributed by atoms with Crippen molar-refractivity contribution < 1.29 is 23.8 Å². The number of carbonyl (C=O) groups is 2. The van der Waals surface area contributed by atoms with Gasteiger partial charge in [0.05, 0.1) is 12.2 Å². The number of ether oxygens (including phenoxy) is 1. The Balaban J connectivity index is 1.79. The van der Waals surface area contributed by atoms with Crippen LogP contribution in [-0.4, -0.2) is 63.1 Å². The molecule has 2 atom stereocenters. The zero-order valence-electron chi connectivity index (χ0n) is 20.2. The molecule has 0 amide bonds. The number of aryl methyl sites for hydroxylation is 1. The van der Waals surface area contributed by atoms with E-state index in [-0.39, 0.29) is 19.1 Å². The third-order valence-corrected chi connectivity index (χ3v) is 7.15. The molecule has 0 aliphatic carbocycles. The fourth-order valence-corrected chi connectivity index (χ4v) is 5.32. The van der Waals surface area contributed by atoms with Gasteiger partial charge in [-0.05, 0) is 50.4 Å². The number of carbonyl (C=O) groups excluding carboxylic acids is 1. The molecule has 0 radical (unpaired) electrons. The van der Waals surface area contributed by atoms with Crippen molar-refractivity contribution in [1.29, 1.82) is 0 Å². The minimum Gasteiger partial charge on any atom is -0.481 e. The van der Waals surface area contributed by atoms with Crippen molar-refractivity contribution in [3.05, 3.63) is 63.5 Å². The van der Waals surface area contributed by atoms with E-state index in [1.807, 2.05) is 11.6 Å². The average molecular weight is 562 g/mol. The fourth-order valence-electron chi connectivity index (χ4n) is 4.75. The number of imidazole rings is 1. The smallest absolute Gasteiger partial charge is 0.338 e. The molecule has 1 aromatic carbocycles. The lowest BCUT2D eigenvalue weighted by atomic mass is 9.95. The maximum atomic E-state index is 13.9. The quantitative estimate of drug-likeness (QED) is 0.450. The Hall–Kier alpha value is -3.05. The van der Waals surface area contributed by atoms with Gasteiger partial charge in [0, 0.05) is 48.6 Å². The minimum atomic E-state index is -0.825. The lowest BCUT2D eigenvalue weighted by molar-refractivity contribution is -0.139. The number of aliphatic carboxylic acids is 1. The summed E-state index contributed by atoms with van der Waals surface area (Å²) in [6, 6.07) is 3.62. The number of likely N-dealkylation sites (tertiary alicyclic amines) is 1. The van der Waals surface area contributed by atoms with Gasteiger partial charge < -0.3 is 19.7 Å². The van der Waals surface area contributed by atoms with Crippen molar-refractivity contribution in [2.24, 2.45) is 12.0 Å². The van der Waals surface area contributed by atoms with E-state index in [0.717, 1.165) is 19.4 Å². The normalized spacial score (nSPS) is 20.3. The molecule has 1 fully saturated rings. The number of benzene rings is 1. The summed E-state index contributed by atoms with van der Waals surface area (Å²) >= 11 is 3.44. The highest BCUT2D eigenvalue weighted by Gasteiger charge is 2.36. The lowest BCUT2D eigenvalue weighted by Gasteiger charge is -2.32. The van der Waals surface area contributed by atoms with Crippen LogP contribution in [0.25, 0.3) is 0 Å². The van der Waals surface area contributed by atoms with Crippen LogP contribution in [0.5, 0.6) is 0 Å². The topological polar surface area (TPSA) is 109 Å². The van der Waals surface area contributed by atoms with Crippen LogP contribution in [0.2, 0.25) is 0 Å². The molecule has 0 bridgehead atoms. The molecule has 3 heterocycles. The first-order valence-corrected chi connectivity index (χ1v) is 12.7. The standard InChI is InChI=1S/C25H29BrFN5O4/c1-3-36-25(35)21-19(14-32-11-4-5-16(32)7-9-20(33)34)29-23(24-28-10-12-31(24)2)30-22(21)17-8-6-15(27)13-18(17)26/h6,8,10,12-13,16,22H,3-5,7,9,11,14H2,1-2H3,(H,29,30)(H,33,34)/t16-,22-/m0/s1. The molecule has 0 saturated carbocycles. The van der Waals surface area contributed by atoms with Crippen LogP contribution in [0.3, 0.4) is 0 Å². The number of carboxylic acid groups (broad SMARTS) is 1. The van der Waals surface area contributed by atoms with E-state index in [4.69, 9.17) is 9.73 Å². The van der Waals surface area contributed by atoms with E-state index in [9.17, 15) is 19.1 Å². The predicted octanol–water partition coefficient (Wildman–Crippen LogP) is 3.56. The number of aliphatic imine (C=N–C) groups is 1. The highest BCUT2D eigenvalue weighted by molar-refractivity contribution is 9.10. The second kappa shape index (κ2) is 11.3. The van der Waals surface area contributed by atoms with Crippen LogP contribution in [0.1, 0.15) is 50.0 Å². The molecule has 0 spiro atoms. The van der Waals surface area contributed by atoms with E-state index in [0.29, 0.717) is 45.9 Å². The van der Waals surface area contributed by atoms with E-state index >= 15 is 0 Å². The summed E-state index contributed by atoms with van der Waals surface area (Å²) in [6.45, 7) is 3.10. The largest absolute Gasteiger partial charge is 0.481 e. The lowest BCUT2D eigenvalue weighted by Crippen LogP contribution is -2.42. The van der Waals surface area contributed by atoms with E-state index in [1.165, 1.54) is 12.1 Å². The van der Waals surface area contributed by atoms with E-state index in [1.54, 1.807) is 25.4 Å². The number of hydrogen-bond acceptors (Lipinski definition) is 7. The van der Waals surface area contributed by atoms with Gasteiger partial charge in [-0.1, -0.05) is 22.0 Å². The van der Waals surface area contributed by atoms with Crippen molar-refractivity contribution in [2.45, 2.75) is 44.7 Å². The Bertz CT molecular complexity index is 1210. The Morgan fingerprint density at radius 1 is 1.36 bits per heavy atom. The highest BCUT2D eigenvalue weighted by atomic mass is 79.9. The Morgan fingerprint density at radius 3 is 2.83 bits per heavy atom. The van der Waals surface area contributed by atoms with Crippen LogP contribution in [0, 0.1) is 5.82 Å². The average Bonchev–Trinajstić information content (AvgIpc) is 3.45. The molecule has 36 heavy (non-hydrogen) atoms. The van der Waals surface area contributed by atoms with Crippen LogP contribution < -0.4 is 5.32 Å². The van der Waals surface area contributed by atoms with Gasteiger partial charge in [-0.25, -0.2) is 14.2 Å². The molecule has 11 heteroatoms. The summed E-state index contributed by atoms with van der Waals surface area (Å²) in [5.74, 6) is -0.678. The molecular formula is C25H29BrFN5O4. The fraction of sp³-hybridized carbons (Fsp3) is 0.440. The number of halogens is 2. The Morgan fingerprint density at radius 2 is 2.17 bits per heavy atom. The van der Waals surface area contributed by atoms with Gasteiger partial charge >= 0.3 is 11.9 Å². The summed E-state index contributed by atoms with van der Waals surface area (Å²) in [5, 5.41) is 12.5. The summed E-state index contributed by atoms with van der Waals surface area (Å²) in [7, 11) is 1.85. The number of aromatic nitrogens is 2. The molecule has 1 aromatic heterocycles. The van der Waals surface area contributed by atoms with Gasteiger partial charge in [-0.2, -0.15) is 0 Å². The maximum absolute atomic E-state index is 13.9. The monoisotopic (exact) mass is 561 g/mol. The molecular weight excluding hydrogens is 533 g/mol. The van der Waals surface area contributed by atoms with Crippen LogP contribution in [0.4, 0.5) is 4.39 Å². The maximum Gasteiger partial charge on any atom is 0.338 e. The van der Waals surface area contributed by atoms with Gasteiger partial charge in [0.2, 0.25) is 0 Å². The first-order chi connectivity index (χ1) is 17.3. The van der Waals surface area contributed by atoms with Crippen molar-refractivity contribution in [2.75, 3.05) is 19.7 Å². The zero-order valence-corrected chi connectivity index (χ0v) is 21.8. The Labute approximate surface area is 217 Å². The third kappa shape index (κ3) is 5.67. The molecule has 0 unspecified atom stereocenters. The molecule has 2 aliphatic heterocycles. The number of nitrogens with zero attached hydrogens (tertiary/aromatic N) is 4. The first-order valence-electron chi connectivity index (χ1n) is 11.9. The number of nitrogens with one attached hydrogen (secondary N) is 1. The third-order valence-electron chi connectivity index (χ3n) is 6.46. The number of carboxylic acids is 1. The predicted molar refractivity (Wildman–Crippen MR) is 135 cm³/mol. The second-order valence-corrected chi connectivity index (χ2v) is 9.70. The molecule has 1 saturated heterocycles. The number of esters is 1. The number of amidine groups is 1. The van der Waals surface area contributed by atoms with Crippen LogP contribution >= 0.6 is 15.9 Å². The molecule has 2 N–H and O–H groups in total. The van der Waals surface area contributed by atoms with Crippen molar-refractivity contribution in [1.82, 2.24) is 19.8 Å². The van der Waals surface area contributed by atoms with Gasteiger partial charge in [0.1, 0.15) is 11.9 Å². The summed E-state index contributed by atoms with van der Waals surface area (Å²) in [4.78, 5) is 35.9. The van der Waals surface area contributed by atoms with E-state index in [2.05, 4.69) is 31.1 Å². The zero-order chi connectivity index (χ0) is 25.8. The van der Waals surface area contributed by atoms with Crippen molar-refractivity contribution in [3.8, 4) is 0 Å². The Kier molecular flexibility index (Phi) is 8.20. The number of rotatable bonds is 9. The van der Waals surface area contributed by atoms with Crippen LogP contribution in [-0.2, 0) is 21.4 Å². The molecule has 4 rings (SSSR count). The van der Waals surface area contributed by atoms with Gasteiger partial charge in [-0.15, -0.1) is 0 Å². The number of hydrogen-bond donors (Lipinski definition) is 2. The van der Waals surface area contributed by atoms with Crippen LogP contribution in [0.15, 0.2) is 51.3 Å². The van der Waals surface area contributed by atoms with E-state index < -0.39 is 23.8 Å².